The molecule has 0 radical (unpaired) electrons. The van der Waals surface area contributed by atoms with Crippen LogP contribution in [0.15, 0.2) is 18.2 Å². The maximum absolute atomic E-state index is 13.8. The van der Waals surface area contributed by atoms with Gasteiger partial charge in [-0.3, -0.25) is 9.59 Å². The van der Waals surface area contributed by atoms with Crippen molar-refractivity contribution in [3.05, 3.63) is 35.4 Å². The van der Waals surface area contributed by atoms with E-state index in [9.17, 15) is 18.4 Å². The van der Waals surface area contributed by atoms with Crippen molar-refractivity contribution in [3.8, 4) is 0 Å². The van der Waals surface area contributed by atoms with Gasteiger partial charge in [0, 0.05) is 44.8 Å². The van der Waals surface area contributed by atoms with Gasteiger partial charge in [0.05, 0.1) is 5.56 Å². The summed E-state index contributed by atoms with van der Waals surface area (Å²) < 4.78 is 32.3. The van der Waals surface area contributed by atoms with E-state index in [1.807, 2.05) is 0 Å². The van der Waals surface area contributed by atoms with E-state index in [1.165, 1.54) is 17.7 Å². The maximum atomic E-state index is 13.8. The number of piperidine rings is 1. The van der Waals surface area contributed by atoms with Crippen LogP contribution >= 0.6 is 0 Å². The second-order valence-electron chi connectivity index (χ2n) is 7.35. The molecule has 5 nitrogen and oxygen atoms in total. The fraction of sp³-hybridized carbons (Fsp3) is 0.600. The topological polar surface area (TPSA) is 58.6 Å². The van der Waals surface area contributed by atoms with E-state index in [4.69, 9.17) is 4.74 Å². The lowest BCUT2D eigenvalue weighted by Crippen LogP contribution is -2.43. The van der Waals surface area contributed by atoms with Crippen LogP contribution in [0.5, 0.6) is 0 Å². The Morgan fingerprint density at radius 2 is 1.89 bits per heavy atom. The highest BCUT2D eigenvalue weighted by Crippen LogP contribution is 2.28. The van der Waals surface area contributed by atoms with Crippen molar-refractivity contribution in [2.24, 2.45) is 11.8 Å². The first-order valence-electron chi connectivity index (χ1n) is 9.64. The zero-order valence-electron chi connectivity index (χ0n) is 15.4. The van der Waals surface area contributed by atoms with Crippen LogP contribution in [0.1, 0.15) is 42.5 Å². The molecule has 0 bridgehead atoms. The van der Waals surface area contributed by atoms with Crippen molar-refractivity contribution in [2.75, 3.05) is 32.8 Å². The average Bonchev–Trinajstić information content (AvgIpc) is 3.48. The zero-order chi connectivity index (χ0) is 19.2. The number of benzene rings is 1. The number of hydrogen-bond acceptors (Lipinski definition) is 3. The van der Waals surface area contributed by atoms with Crippen molar-refractivity contribution in [3.63, 3.8) is 0 Å². The van der Waals surface area contributed by atoms with Crippen LogP contribution in [0.25, 0.3) is 0 Å². The molecule has 1 aliphatic heterocycles. The minimum Gasteiger partial charge on any atom is -0.381 e. The number of amides is 2. The summed E-state index contributed by atoms with van der Waals surface area (Å²) in [6, 6.07) is 2.95. The van der Waals surface area contributed by atoms with E-state index in [2.05, 4.69) is 5.32 Å². The number of carbonyl (C=O) groups excluding carboxylic acids is 2. The molecule has 1 aliphatic carbocycles. The number of rotatable bonds is 8. The second kappa shape index (κ2) is 9.26. The molecule has 1 N–H and O–H groups in total. The Morgan fingerprint density at radius 3 is 2.56 bits per heavy atom. The number of nitrogens with zero attached hydrogens (tertiary/aromatic N) is 1. The lowest BCUT2D eigenvalue weighted by molar-refractivity contribution is -0.126. The number of carbonyl (C=O) groups is 2. The monoisotopic (exact) mass is 380 g/mol. The molecule has 1 saturated heterocycles. The summed E-state index contributed by atoms with van der Waals surface area (Å²) in [6.07, 6.45) is 4.41. The molecule has 1 heterocycles. The molecular formula is C20H26F2N2O3. The fourth-order valence-electron chi connectivity index (χ4n) is 3.24. The second-order valence-corrected chi connectivity index (χ2v) is 7.35. The van der Waals surface area contributed by atoms with Gasteiger partial charge in [0.15, 0.2) is 0 Å². The lowest BCUT2D eigenvalue weighted by atomic mass is 9.95. The molecule has 1 aromatic carbocycles. The summed E-state index contributed by atoms with van der Waals surface area (Å²) in [4.78, 5) is 26.1. The molecule has 2 aliphatic rings. The molecule has 0 spiro atoms. The molecular weight excluding hydrogens is 354 g/mol. The first-order valence-corrected chi connectivity index (χ1v) is 9.64. The summed E-state index contributed by atoms with van der Waals surface area (Å²) in [5.41, 5.74) is -0.134. The van der Waals surface area contributed by atoms with Crippen LogP contribution in [0.4, 0.5) is 8.78 Å². The van der Waals surface area contributed by atoms with Gasteiger partial charge in [0.1, 0.15) is 11.6 Å². The Bertz CT molecular complexity index is 671. The van der Waals surface area contributed by atoms with Crippen molar-refractivity contribution >= 4 is 11.8 Å². The van der Waals surface area contributed by atoms with E-state index in [0.29, 0.717) is 45.1 Å². The molecule has 7 heteroatoms. The van der Waals surface area contributed by atoms with E-state index in [-0.39, 0.29) is 17.4 Å². The van der Waals surface area contributed by atoms with Crippen LogP contribution < -0.4 is 5.32 Å². The van der Waals surface area contributed by atoms with Crippen molar-refractivity contribution in [2.45, 2.75) is 32.1 Å². The highest BCUT2D eigenvalue weighted by molar-refractivity contribution is 5.94. The number of nitrogens with one attached hydrogen (secondary N) is 1. The van der Waals surface area contributed by atoms with E-state index < -0.39 is 17.5 Å². The molecule has 3 rings (SSSR count). The normalized spacial score (nSPS) is 17.8. The number of halogens is 2. The number of likely N-dealkylation sites (tertiary alicyclic amines) is 1. The Hall–Kier alpha value is -2.02. The van der Waals surface area contributed by atoms with Crippen LogP contribution in [0.3, 0.4) is 0 Å². The molecule has 1 aromatic rings. The molecule has 2 fully saturated rings. The van der Waals surface area contributed by atoms with Gasteiger partial charge in [-0.25, -0.2) is 8.78 Å². The van der Waals surface area contributed by atoms with E-state index in [1.54, 1.807) is 0 Å². The van der Waals surface area contributed by atoms with Crippen molar-refractivity contribution in [1.82, 2.24) is 10.2 Å². The molecule has 27 heavy (non-hydrogen) atoms. The molecule has 148 valence electrons. The highest BCUT2D eigenvalue weighted by Gasteiger charge is 2.28. The minimum absolute atomic E-state index is 0.00254. The Kier molecular flexibility index (Phi) is 6.77. The Labute approximate surface area is 158 Å². The quantitative estimate of drug-likeness (QED) is 0.706. The van der Waals surface area contributed by atoms with Crippen molar-refractivity contribution < 1.29 is 23.1 Å². The minimum atomic E-state index is -0.858. The molecule has 2 amide bonds. The first kappa shape index (κ1) is 19.7. The fourth-order valence-corrected chi connectivity index (χ4v) is 3.24. The summed E-state index contributed by atoms with van der Waals surface area (Å²) in [7, 11) is 0. The van der Waals surface area contributed by atoms with E-state index in [0.717, 1.165) is 31.1 Å². The van der Waals surface area contributed by atoms with Crippen LogP contribution in [-0.4, -0.2) is 49.6 Å². The number of ether oxygens (including phenoxy) is 1. The summed E-state index contributed by atoms with van der Waals surface area (Å²) in [5, 5.41) is 2.92. The largest absolute Gasteiger partial charge is 0.381 e. The van der Waals surface area contributed by atoms with Gasteiger partial charge in [0.25, 0.3) is 5.91 Å². The summed E-state index contributed by atoms with van der Waals surface area (Å²) >= 11 is 0. The van der Waals surface area contributed by atoms with Gasteiger partial charge in [-0.1, -0.05) is 0 Å². The standard InChI is InChI=1S/C20H26F2N2O3/c21-16-4-5-17(18(22)12-16)20(26)24-9-6-15(7-10-24)19(25)23-8-1-11-27-13-14-2-3-14/h4-5,12,14-15H,1-3,6-11,13H2,(H,23,25). The number of hydrogen-bond donors (Lipinski definition) is 1. The van der Waals surface area contributed by atoms with Crippen LogP contribution in [0.2, 0.25) is 0 Å². The molecule has 1 saturated carbocycles. The Balaban J connectivity index is 1.36. The van der Waals surface area contributed by atoms with Crippen molar-refractivity contribution in [1.29, 1.82) is 0 Å². The van der Waals surface area contributed by atoms with Gasteiger partial charge in [-0.2, -0.15) is 0 Å². The van der Waals surface area contributed by atoms with Gasteiger partial charge in [0.2, 0.25) is 5.91 Å². The van der Waals surface area contributed by atoms with Gasteiger partial charge in [-0.15, -0.1) is 0 Å². The third-order valence-electron chi connectivity index (χ3n) is 5.13. The zero-order valence-corrected chi connectivity index (χ0v) is 15.4. The van der Waals surface area contributed by atoms with Crippen LogP contribution in [-0.2, 0) is 9.53 Å². The molecule has 0 unspecified atom stereocenters. The lowest BCUT2D eigenvalue weighted by Gasteiger charge is -2.31. The van der Waals surface area contributed by atoms with Gasteiger partial charge < -0.3 is 15.0 Å². The summed E-state index contributed by atoms with van der Waals surface area (Å²) in [5.74, 6) is -1.42. The van der Waals surface area contributed by atoms with Gasteiger partial charge in [-0.05, 0) is 50.2 Å². The highest BCUT2D eigenvalue weighted by atomic mass is 19.1. The average molecular weight is 380 g/mol. The smallest absolute Gasteiger partial charge is 0.256 e. The predicted molar refractivity (Wildman–Crippen MR) is 96.2 cm³/mol. The third-order valence-corrected chi connectivity index (χ3v) is 5.13. The first-order chi connectivity index (χ1) is 13.0. The van der Waals surface area contributed by atoms with E-state index >= 15 is 0 Å². The summed E-state index contributed by atoms with van der Waals surface area (Å²) in [6.45, 7) is 2.85. The Morgan fingerprint density at radius 1 is 1.15 bits per heavy atom. The van der Waals surface area contributed by atoms with Gasteiger partial charge >= 0.3 is 0 Å². The molecule has 0 atom stereocenters. The SMILES string of the molecule is O=C(NCCCOCC1CC1)C1CCN(C(=O)c2ccc(F)cc2F)CC1. The predicted octanol–water partition coefficient (Wildman–Crippen LogP) is 2.75. The molecule has 0 aromatic heterocycles. The third kappa shape index (κ3) is 5.73. The maximum Gasteiger partial charge on any atom is 0.256 e. The van der Waals surface area contributed by atoms with Crippen LogP contribution in [0, 0.1) is 23.5 Å².